The van der Waals surface area contributed by atoms with Crippen LogP contribution < -0.4 is 4.74 Å². The number of likely N-dealkylation sites (tertiary alicyclic amines) is 1. The first-order valence-electron chi connectivity index (χ1n) is 13.4. The summed E-state index contributed by atoms with van der Waals surface area (Å²) in [7, 11) is 0. The molecule has 2 aromatic heterocycles. The molecule has 0 aliphatic carbocycles. The van der Waals surface area contributed by atoms with Gasteiger partial charge in [-0.15, -0.1) is 13.2 Å². The lowest BCUT2D eigenvalue weighted by atomic mass is 9.79. The van der Waals surface area contributed by atoms with Gasteiger partial charge in [-0.25, -0.2) is 4.98 Å². The molecule has 3 aromatic rings. The molecular formula is C29H33F3N4O4. The zero-order chi connectivity index (χ0) is 28.7. The van der Waals surface area contributed by atoms with E-state index in [0.717, 1.165) is 40.7 Å². The third-order valence-corrected chi connectivity index (χ3v) is 7.91. The van der Waals surface area contributed by atoms with Gasteiger partial charge in [0, 0.05) is 42.2 Å². The Morgan fingerprint density at radius 3 is 2.48 bits per heavy atom. The highest BCUT2D eigenvalue weighted by atomic mass is 19.4. The lowest BCUT2D eigenvalue weighted by Crippen LogP contribution is -2.46. The molecule has 5 rings (SSSR count). The molecule has 2 aliphatic heterocycles. The van der Waals surface area contributed by atoms with Gasteiger partial charge in [0.15, 0.2) is 0 Å². The number of rotatable bonds is 7. The van der Waals surface area contributed by atoms with Gasteiger partial charge in [0.25, 0.3) is 0 Å². The van der Waals surface area contributed by atoms with Crippen molar-refractivity contribution in [1.29, 1.82) is 0 Å². The monoisotopic (exact) mass is 558 g/mol. The molecule has 1 amide bonds. The van der Waals surface area contributed by atoms with Crippen LogP contribution in [0.2, 0.25) is 0 Å². The smallest absolute Gasteiger partial charge is 0.480 e. The molecular weight excluding hydrogens is 525 g/mol. The number of carboxylic acids is 1. The third-order valence-electron chi connectivity index (χ3n) is 7.91. The second kappa shape index (κ2) is 10.8. The quantitative estimate of drug-likeness (QED) is 0.449. The number of carboxylic acid groups (broad SMARTS) is 1. The van der Waals surface area contributed by atoms with Crippen LogP contribution in [0.1, 0.15) is 49.9 Å². The summed E-state index contributed by atoms with van der Waals surface area (Å²) in [4.78, 5) is 33.0. The second-order valence-electron chi connectivity index (χ2n) is 11.4. The van der Waals surface area contributed by atoms with E-state index in [2.05, 4.69) is 28.1 Å². The lowest BCUT2D eigenvalue weighted by molar-refractivity contribution is -0.274. The number of aliphatic carboxylic acids is 1. The minimum absolute atomic E-state index is 0.0282. The molecule has 4 heterocycles. The number of carbonyl (C=O) groups excluding carboxylic acids is 1. The van der Waals surface area contributed by atoms with Gasteiger partial charge in [0.1, 0.15) is 11.4 Å². The molecule has 11 heteroatoms. The molecule has 8 nitrogen and oxygen atoms in total. The standard InChI is InChI=1S/C29H33F3N4O4/c1-28(2)18-35(24(37)14-19-9-12-34(13-10-19)17-25(38)39)16-23-26(28)22-4-3-11-33-27(22)36(23)15-20-5-7-21(8-6-20)40-29(30,31)32/h3-8,11,19H,9-10,12-18H2,1-2H3,(H,38,39). The molecule has 1 saturated heterocycles. The summed E-state index contributed by atoms with van der Waals surface area (Å²) in [5, 5.41) is 10.1. The molecule has 1 N–H and O–H groups in total. The summed E-state index contributed by atoms with van der Waals surface area (Å²) >= 11 is 0. The Morgan fingerprint density at radius 2 is 1.82 bits per heavy atom. The van der Waals surface area contributed by atoms with Crippen molar-refractivity contribution in [2.75, 3.05) is 26.2 Å². The number of piperidine rings is 1. The van der Waals surface area contributed by atoms with Crippen molar-refractivity contribution in [1.82, 2.24) is 19.4 Å². The van der Waals surface area contributed by atoms with E-state index in [-0.39, 0.29) is 29.5 Å². The van der Waals surface area contributed by atoms with Crippen LogP contribution in [0.3, 0.4) is 0 Å². The van der Waals surface area contributed by atoms with Crippen LogP contribution in [0.25, 0.3) is 11.0 Å². The van der Waals surface area contributed by atoms with Gasteiger partial charge in [-0.1, -0.05) is 26.0 Å². The van der Waals surface area contributed by atoms with Gasteiger partial charge in [0.2, 0.25) is 5.91 Å². The number of alkyl halides is 3. The molecule has 40 heavy (non-hydrogen) atoms. The van der Waals surface area contributed by atoms with Gasteiger partial charge in [-0.3, -0.25) is 14.5 Å². The summed E-state index contributed by atoms with van der Waals surface area (Å²) in [5.74, 6) is -0.822. The van der Waals surface area contributed by atoms with E-state index >= 15 is 0 Å². The number of amides is 1. The molecule has 2 aliphatic rings. The van der Waals surface area contributed by atoms with E-state index in [4.69, 9.17) is 5.11 Å². The Balaban J connectivity index is 1.37. The predicted molar refractivity (Wildman–Crippen MR) is 142 cm³/mol. The van der Waals surface area contributed by atoms with Gasteiger partial charge in [-0.2, -0.15) is 0 Å². The van der Waals surface area contributed by atoms with Crippen LogP contribution in [-0.4, -0.2) is 68.9 Å². The van der Waals surface area contributed by atoms with Crippen LogP contribution in [0.15, 0.2) is 42.6 Å². The maximum Gasteiger partial charge on any atom is 0.573 e. The van der Waals surface area contributed by atoms with Crippen LogP contribution in [0.4, 0.5) is 13.2 Å². The van der Waals surface area contributed by atoms with E-state index in [1.54, 1.807) is 18.3 Å². The van der Waals surface area contributed by atoms with Crippen LogP contribution >= 0.6 is 0 Å². The van der Waals surface area contributed by atoms with Crippen molar-refractivity contribution in [3.8, 4) is 5.75 Å². The highest BCUT2D eigenvalue weighted by Crippen LogP contribution is 2.41. The average molecular weight is 559 g/mol. The number of aromatic nitrogens is 2. The van der Waals surface area contributed by atoms with E-state index in [1.807, 2.05) is 21.9 Å². The first-order valence-corrected chi connectivity index (χ1v) is 13.4. The van der Waals surface area contributed by atoms with E-state index in [1.165, 1.54) is 12.1 Å². The first kappa shape index (κ1) is 27.9. The minimum atomic E-state index is -4.75. The summed E-state index contributed by atoms with van der Waals surface area (Å²) in [5.41, 5.74) is 3.33. The van der Waals surface area contributed by atoms with Crippen molar-refractivity contribution in [2.24, 2.45) is 5.92 Å². The van der Waals surface area contributed by atoms with Gasteiger partial charge >= 0.3 is 12.3 Å². The fourth-order valence-corrected chi connectivity index (χ4v) is 6.18. The van der Waals surface area contributed by atoms with Crippen molar-refractivity contribution in [2.45, 2.75) is 58.0 Å². The van der Waals surface area contributed by atoms with E-state index in [0.29, 0.717) is 39.1 Å². The summed E-state index contributed by atoms with van der Waals surface area (Å²) in [6.45, 7) is 6.98. The molecule has 1 aromatic carbocycles. The van der Waals surface area contributed by atoms with Crippen LogP contribution in [-0.2, 0) is 28.1 Å². The number of benzene rings is 1. The number of nitrogens with zero attached hydrogens (tertiary/aromatic N) is 4. The molecule has 0 radical (unpaired) electrons. The molecule has 0 atom stereocenters. The zero-order valence-electron chi connectivity index (χ0n) is 22.6. The molecule has 0 bridgehead atoms. The van der Waals surface area contributed by atoms with Crippen molar-refractivity contribution >= 4 is 22.9 Å². The Morgan fingerprint density at radius 1 is 1.12 bits per heavy atom. The molecule has 0 saturated carbocycles. The molecule has 1 fully saturated rings. The Hall–Kier alpha value is -3.60. The topological polar surface area (TPSA) is 87.9 Å². The number of pyridine rings is 1. The number of fused-ring (bicyclic) bond motifs is 3. The zero-order valence-corrected chi connectivity index (χ0v) is 22.6. The summed E-state index contributed by atoms with van der Waals surface area (Å²) in [6, 6.07) is 9.74. The molecule has 0 unspecified atom stereocenters. The number of carbonyl (C=O) groups is 2. The van der Waals surface area contributed by atoms with E-state index in [9.17, 15) is 22.8 Å². The molecule has 0 spiro atoms. The van der Waals surface area contributed by atoms with Crippen molar-refractivity contribution in [3.63, 3.8) is 0 Å². The second-order valence-corrected chi connectivity index (χ2v) is 11.4. The highest BCUT2D eigenvalue weighted by Gasteiger charge is 2.39. The lowest BCUT2D eigenvalue weighted by Gasteiger charge is -2.40. The maximum absolute atomic E-state index is 13.5. The van der Waals surface area contributed by atoms with Crippen molar-refractivity contribution < 1.29 is 32.6 Å². The van der Waals surface area contributed by atoms with Crippen LogP contribution in [0, 0.1) is 5.92 Å². The molecule has 214 valence electrons. The number of ether oxygens (including phenoxy) is 1. The van der Waals surface area contributed by atoms with Crippen LogP contribution in [0.5, 0.6) is 5.75 Å². The first-order chi connectivity index (χ1) is 18.9. The minimum Gasteiger partial charge on any atom is -0.480 e. The van der Waals surface area contributed by atoms with Gasteiger partial charge < -0.3 is 19.3 Å². The normalized spacial score (nSPS) is 18.1. The summed E-state index contributed by atoms with van der Waals surface area (Å²) < 4.78 is 43.9. The number of halogens is 3. The van der Waals surface area contributed by atoms with E-state index < -0.39 is 12.3 Å². The predicted octanol–water partition coefficient (Wildman–Crippen LogP) is 4.79. The Kier molecular flexibility index (Phi) is 7.52. The number of hydrogen-bond acceptors (Lipinski definition) is 5. The van der Waals surface area contributed by atoms with Crippen molar-refractivity contribution in [3.05, 3.63) is 59.4 Å². The Bertz CT molecular complexity index is 1390. The highest BCUT2D eigenvalue weighted by molar-refractivity contribution is 5.85. The maximum atomic E-state index is 13.5. The fourth-order valence-electron chi connectivity index (χ4n) is 6.18. The summed E-state index contributed by atoms with van der Waals surface area (Å²) in [6.07, 6.45) is -1.03. The Labute approximate surface area is 230 Å². The number of hydrogen-bond donors (Lipinski definition) is 1. The van der Waals surface area contributed by atoms with Gasteiger partial charge in [-0.05, 0) is 67.2 Å². The largest absolute Gasteiger partial charge is 0.573 e. The third kappa shape index (κ3) is 6.09. The van der Waals surface area contributed by atoms with Gasteiger partial charge in [0.05, 0.1) is 13.1 Å². The SMILES string of the molecule is CC1(C)CN(C(=O)CC2CCN(CC(=O)O)CC2)Cc2c1c1cccnc1n2Cc1ccc(OC(F)(F)F)cc1. The average Bonchev–Trinajstić information content (AvgIpc) is 3.19. The fraction of sp³-hybridized carbons (Fsp3) is 0.483.